The van der Waals surface area contributed by atoms with Crippen molar-refractivity contribution in [3.63, 3.8) is 0 Å². The summed E-state index contributed by atoms with van der Waals surface area (Å²) in [6.07, 6.45) is 13.5. The lowest BCUT2D eigenvalue weighted by Crippen LogP contribution is -2.07. The van der Waals surface area contributed by atoms with E-state index in [-0.39, 0.29) is 0 Å². The van der Waals surface area contributed by atoms with Gasteiger partial charge >= 0.3 is 0 Å². The van der Waals surface area contributed by atoms with Crippen LogP contribution in [0.15, 0.2) is 36.4 Å². The van der Waals surface area contributed by atoms with Crippen LogP contribution in [0, 0.1) is 0 Å². The predicted molar refractivity (Wildman–Crippen MR) is 264 cm³/mol. The summed E-state index contributed by atoms with van der Waals surface area (Å²) < 4.78 is 38.8. The van der Waals surface area contributed by atoms with E-state index in [0.717, 1.165) is 112 Å². The lowest BCUT2D eigenvalue weighted by molar-refractivity contribution is 0.403. The van der Waals surface area contributed by atoms with Crippen LogP contribution in [0.2, 0.25) is 0 Å². The van der Waals surface area contributed by atoms with Gasteiger partial charge < -0.3 is 28.4 Å². The van der Waals surface area contributed by atoms with E-state index < -0.39 is 0 Å². The number of hydrogen-bond donors (Lipinski definition) is 0. The summed E-state index contributed by atoms with van der Waals surface area (Å²) in [7, 11) is 11.0. The van der Waals surface area contributed by atoms with E-state index in [1.807, 2.05) is 42.7 Å². The Hall–Kier alpha value is -5.10. The summed E-state index contributed by atoms with van der Waals surface area (Å²) in [5.41, 5.74) is 14.8. The zero-order chi connectivity index (χ0) is 44.9. The van der Waals surface area contributed by atoms with Gasteiger partial charge in [-0.2, -0.15) is 0 Å². The second kappa shape index (κ2) is 20.2. The third-order valence-corrected chi connectivity index (χ3v) is 13.5. The van der Waals surface area contributed by atoms with Gasteiger partial charge in [-0.15, -0.1) is 0 Å². The molecule has 1 aliphatic carbocycles. The van der Waals surface area contributed by atoms with Crippen LogP contribution in [0.25, 0.3) is 32.3 Å². The average molecular weight is 853 g/mol. The van der Waals surface area contributed by atoms with Gasteiger partial charge in [-0.25, -0.2) is 0 Å². The Kier molecular flexibility index (Phi) is 14.7. The molecule has 0 heterocycles. The fourth-order valence-electron chi connectivity index (χ4n) is 11.2. The third-order valence-electron chi connectivity index (χ3n) is 13.5. The van der Waals surface area contributed by atoms with Crippen LogP contribution >= 0.6 is 0 Å². The Morgan fingerprint density at radius 1 is 0.302 bits per heavy atom. The van der Waals surface area contributed by atoms with Crippen molar-refractivity contribution in [3.8, 4) is 34.5 Å². The number of fused-ring (bicyclic) bond motifs is 3. The molecular formula is C57H72O6. The first kappa shape index (κ1) is 45.9. The van der Waals surface area contributed by atoms with Crippen molar-refractivity contribution in [1.82, 2.24) is 0 Å². The fourth-order valence-corrected chi connectivity index (χ4v) is 11.2. The second-order valence-corrected chi connectivity index (χ2v) is 17.6. The zero-order valence-corrected chi connectivity index (χ0v) is 40.5. The normalized spacial score (nSPS) is 12.4. The molecule has 0 unspecified atom stereocenters. The van der Waals surface area contributed by atoms with Crippen LogP contribution in [0.1, 0.15) is 147 Å². The van der Waals surface area contributed by atoms with Gasteiger partial charge in [0.1, 0.15) is 34.5 Å². The number of benzene rings is 6. The first-order valence-electron chi connectivity index (χ1n) is 23.9. The van der Waals surface area contributed by atoms with Gasteiger partial charge in [0.25, 0.3) is 0 Å². The highest BCUT2D eigenvalue weighted by Gasteiger charge is 2.28. The predicted octanol–water partition coefficient (Wildman–Crippen LogP) is 14.0. The molecule has 0 N–H and O–H groups in total. The van der Waals surface area contributed by atoms with Gasteiger partial charge in [-0.3, -0.25) is 0 Å². The molecule has 0 fully saturated rings. The van der Waals surface area contributed by atoms with E-state index in [9.17, 15) is 0 Å². The smallest absolute Gasteiger partial charge is 0.126 e. The maximum Gasteiger partial charge on any atom is 0.126 e. The van der Waals surface area contributed by atoms with Crippen LogP contribution < -0.4 is 28.4 Å². The van der Waals surface area contributed by atoms with E-state index in [4.69, 9.17) is 28.4 Å². The minimum atomic E-state index is 0.683. The Bertz CT molecular complexity index is 2350. The van der Waals surface area contributed by atoms with E-state index >= 15 is 0 Å². The van der Waals surface area contributed by atoms with Crippen LogP contribution in [0.5, 0.6) is 34.5 Å². The minimum absolute atomic E-state index is 0.683. The van der Waals surface area contributed by atoms with Gasteiger partial charge in [-0.1, -0.05) is 80.1 Å². The van der Waals surface area contributed by atoms with E-state index in [1.165, 1.54) is 99.1 Å². The van der Waals surface area contributed by atoms with Crippen LogP contribution in [0.4, 0.5) is 0 Å². The molecule has 0 spiro atoms. The van der Waals surface area contributed by atoms with Crippen molar-refractivity contribution in [2.24, 2.45) is 0 Å². The molecule has 0 amide bonds. The summed E-state index contributed by atoms with van der Waals surface area (Å²) in [5.74, 6) is 5.76. The number of aryl methyl sites for hydroxylation is 6. The topological polar surface area (TPSA) is 55.4 Å². The molecule has 6 heteroatoms. The lowest BCUT2D eigenvalue weighted by Gasteiger charge is -2.25. The fraction of sp³-hybridized carbons (Fsp3) is 0.474. The summed E-state index contributed by atoms with van der Waals surface area (Å²) in [4.78, 5) is 0. The van der Waals surface area contributed by atoms with E-state index in [1.54, 1.807) is 0 Å². The van der Waals surface area contributed by atoms with Crippen molar-refractivity contribution in [2.75, 3.05) is 42.7 Å². The SMILES string of the molecule is CCCc1c(OC)cc2c3cc(c(OC)c(CCC)c13)Cc1cc(OC)c(CCC)c3c(CCC)c(OC)c(cc13)Cc1cc(OC)c(CCC)c3c(CCC)c(OC)c(cc13)C2. The molecule has 0 radical (unpaired) electrons. The Morgan fingerprint density at radius 2 is 0.540 bits per heavy atom. The Morgan fingerprint density at radius 3 is 0.746 bits per heavy atom. The maximum atomic E-state index is 6.60. The van der Waals surface area contributed by atoms with Gasteiger partial charge in [0.15, 0.2) is 0 Å². The Labute approximate surface area is 377 Å². The summed E-state index contributed by atoms with van der Waals surface area (Å²) in [6, 6.07) is 14.3. The molecule has 6 aromatic rings. The molecule has 336 valence electrons. The summed E-state index contributed by atoms with van der Waals surface area (Å²) in [6.45, 7) is 13.6. The summed E-state index contributed by atoms with van der Waals surface area (Å²) >= 11 is 0. The second-order valence-electron chi connectivity index (χ2n) is 17.6. The standard InChI is InChI=1S/C57H72O6/c1-13-19-40-49(58-7)31-34-25-38-29-47-36(33-51(60-9)42(21-15-3)53(47)44(23-17-5)56(38)62-11)27-39-30-48-35(26-37-28-46(34)52(40)43(22-16-4)55(37)61-10)32-50(59-8)41(20-14-2)54(48)45(24-18-6)57(39)63-12/h28-33H,13-27H2,1-12H3. The zero-order valence-electron chi connectivity index (χ0n) is 40.5. The third kappa shape index (κ3) is 8.17. The molecule has 0 aliphatic heterocycles. The largest absolute Gasteiger partial charge is 0.496 e. The van der Waals surface area contributed by atoms with Crippen molar-refractivity contribution >= 4 is 32.3 Å². The van der Waals surface area contributed by atoms with Crippen LogP contribution in [-0.4, -0.2) is 42.7 Å². The molecular weight excluding hydrogens is 781 g/mol. The quantitative estimate of drug-likeness (QED) is 0.0857. The van der Waals surface area contributed by atoms with Gasteiger partial charge in [0, 0.05) is 52.6 Å². The maximum absolute atomic E-state index is 6.60. The lowest BCUT2D eigenvalue weighted by atomic mass is 9.83. The number of ether oxygens (including phenoxy) is 6. The first-order valence-corrected chi connectivity index (χ1v) is 23.9. The number of rotatable bonds is 18. The minimum Gasteiger partial charge on any atom is -0.496 e. The molecule has 63 heavy (non-hydrogen) atoms. The molecule has 1 aliphatic rings. The molecule has 0 saturated carbocycles. The molecule has 6 aromatic carbocycles. The van der Waals surface area contributed by atoms with E-state index in [0.29, 0.717) is 19.3 Å². The van der Waals surface area contributed by atoms with Crippen molar-refractivity contribution in [1.29, 1.82) is 0 Å². The molecule has 7 rings (SSSR count). The van der Waals surface area contributed by atoms with Crippen molar-refractivity contribution < 1.29 is 28.4 Å². The highest BCUT2D eigenvalue weighted by atomic mass is 16.5. The van der Waals surface area contributed by atoms with Gasteiger partial charge in [-0.05, 0) is 141 Å². The molecule has 0 saturated heterocycles. The summed E-state index contributed by atoms with van der Waals surface area (Å²) in [5, 5.41) is 7.63. The van der Waals surface area contributed by atoms with Crippen molar-refractivity contribution in [3.05, 3.63) is 103 Å². The highest BCUT2D eigenvalue weighted by molar-refractivity contribution is 6.00. The van der Waals surface area contributed by atoms with Gasteiger partial charge in [0.2, 0.25) is 0 Å². The molecule has 6 bridgehead atoms. The van der Waals surface area contributed by atoms with Crippen molar-refractivity contribution in [2.45, 2.75) is 138 Å². The van der Waals surface area contributed by atoms with Gasteiger partial charge in [0.05, 0.1) is 42.7 Å². The number of methoxy groups -OCH3 is 6. The first-order chi connectivity index (χ1) is 30.7. The Balaban J connectivity index is 1.77. The molecule has 0 aromatic heterocycles. The molecule has 0 atom stereocenters. The van der Waals surface area contributed by atoms with Crippen LogP contribution in [0.3, 0.4) is 0 Å². The highest BCUT2D eigenvalue weighted by Crippen LogP contribution is 2.48. The average Bonchev–Trinajstić information content (AvgIpc) is 3.28. The van der Waals surface area contributed by atoms with Crippen LogP contribution in [-0.2, 0) is 57.8 Å². The monoisotopic (exact) mass is 853 g/mol. The van der Waals surface area contributed by atoms with E-state index in [2.05, 4.69) is 77.9 Å². The molecule has 6 nitrogen and oxygen atoms in total. The number of hydrogen-bond acceptors (Lipinski definition) is 6.